The van der Waals surface area contributed by atoms with Crippen LogP contribution < -0.4 is 5.73 Å². The summed E-state index contributed by atoms with van der Waals surface area (Å²) in [6, 6.07) is 0. The number of thioether (sulfide) groups is 1. The van der Waals surface area contributed by atoms with E-state index in [0.29, 0.717) is 6.54 Å². The largest absolute Gasteiger partial charge is 0.367 e. The van der Waals surface area contributed by atoms with Gasteiger partial charge in [-0.2, -0.15) is 11.8 Å². The van der Waals surface area contributed by atoms with Crippen LogP contribution in [0.1, 0.15) is 33.6 Å². The van der Waals surface area contributed by atoms with Crippen molar-refractivity contribution >= 4 is 11.8 Å². The quantitative estimate of drug-likeness (QED) is 0.746. The second-order valence-electron chi connectivity index (χ2n) is 4.76. The molecule has 1 rings (SSSR count). The zero-order chi connectivity index (χ0) is 9.95. The summed E-state index contributed by atoms with van der Waals surface area (Å²) in [4.78, 5) is 0. The Morgan fingerprint density at radius 1 is 1.46 bits per heavy atom. The van der Waals surface area contributed by atoms with Crippen LogP contribution in [0.5, 0.6) is 0 Å². The van der Waals surface area contributed by atoms with Crippen molar-refractivity contribution in [2.45, 2.75) is 44.8 Å². The molecule has 1 fully saturated rings. The monoisotopic (exact) mass is 203 g/mol. The van der Waals surface area contributed by atoms with Crippen molar-refractivity contribution in [1.82, 2.24) is 0 Å². The van der Waals surface area contributed by atoms with Gasteiger partial charge in [0.15, 0.2) is 0 Å². The third-order valence-electron chi connectivity index (χ3n) is 2.18. The van der Waals surface area contributed by atoms with Gasteiger partial charge in [0.2, 0.25) is 0 Å². The molecule has 0 saturated carbocycles. The van der Waals surface area contributed by atoms with Crippen LogP contribution in [0.15, 0.2) is 0 Å². The van der Waals surface area contributed by atoms with Gasteiger partial charge in [0.1, 0.15) is 0 Å². The third kappa shape index (κ3) is 3.49. The Bertz CT molecular complexity index is 159. The van der Waals surface area contributed by atoms with Gasteiger partial charge in [-0.05, 0) is 39.4 Å². The van der Waals surface area contributed by atoms with E-state index in [1.54, 1.807) is 0 Å². The normalized spacial score (nSPS) is 30.5. The molecular formula is C10H21NOS. The zero-order valence-corrected chi connectivity index (χ0v) is 9.75. The van der Waals surface area contributed by atoms with Crippen molar-refractivity contribution in [3.05, 3.63) is 0 Å². The first-order valence-electron chi connectivity index (χ1n) is 4.95. The highest BCUT2D eigenvalue weighted by atomic mass is 32.2. The highest BCUT2D eigenvalue weighted by molar-refractivity contribution is 7.99. The van der Waals surface area contributed by atoms with E-state index >= 15 is 0 Å². The highest BCUT2D eigenvalue weighted by Crippen LogP contribution is 2.32. The fourth-order valence-corrected chi connectivity index (χ4v) is 2.95. The van der Waals surface area contributed by atoms with Crippen LogP contribution in [-0.4, -0.2) is 29.3 Å². The molecule has 0 aliphatic carbocycles. The van der Waals surface area contributed by atoms with Crippen LogP contribution in [0.4, 0.5) is 0 Å². The van der Waals surface area contributed by atoms with Crippen molar-refractivity contribution in [2.24, 2.45) is 5.73 Å². The van der Waals surface area contributed by atoms with Crippen molar-refractivity contribution in [3.63, 3.8) is 0 Å². The summed E-state index contributed by atoms with van der Waals surface area (Å²) in [7, 11) is 0. The lowest BCUT2D eigenvalue weighted by atomic mass is 9.98. The molecule has 78 valence electrons. The average Bonchev–Trinajstić information content (AvgIpc) is 2.03. The molecule has 2 nitrogen and oxygen atoms in total. The van der Waals surface area contributed by atoms with Crippen LogP contribution in [-0.2, 0) is 4.74 Å². The average molecular weight is 203 g/mol. The first kappa shape index (κ1) is 11.3. The predicted octanol–water partition coefficient (Wildman–Crippen LogP) is 2.03. The fraction of sp³-hybridized carbons (Fsp3) is 1.00. The molecule has 13 heavy (non-hydrogen) atoms. The first-order valence-corrected chi connectivity index (χ1v) is 6.11. The second kappa shape index (κ2) is 4.20. The van der Waals surface area contributed by atoms with E-state index in [1.807, 2.05) is 11.8 Å². The number of rotatable bonds is 2. The Morgan fingerprint density at radius 2 is 2.15 bits per heavy atom. The van der Waals surface area contributed by atoms with E-state index in [-0.39, 0.29) is 11.2 Å². The van der Waals surface area contributed by atoms with E-state index in [2.05, 4.69) is 20.8 Å². The standard InChI is InChI=1S/C10H21NOS/c1-9(2,3)12-10(7-11)5-4-6-13-8-10/h4-8,11H2,1-3H3. The number of nitrogens with two attached hydrogens (primary N) is 1. The summed E-state index contributed by atoms with van der Waals surface area (Å²) >= 11 is 1.96. The topological polar surface area (TPSA) is 35.2 Å². The van der Waals surface area contributed by atoms with Crippen LogP contribution in [0.2, 0.25) is 0 Å². The lowest BCUT2D eigenvalue weighted by Crippen LogP contribution is -2.49. The minimum atomic E-state index is -0.0722. The maximum absolute atomic E-state index is 6.07. The summed E-state index contributed by atoms with van der Waals surface area (Å²) < 4.78 is 6.07. The molecule has 1 aliphatic rings. The molecule has 0 bridgehead atoms. The van der Waals surface area contributed by atoms with Gasteiger partial charge < -0.3 is 10.5 Å². The Morgan fingerprint density at radius 3 is 2.54 bits per heavy atom. The molecule has 0 amide bonds. The number of hydrogen-bond acceptors (Lipinski definition) is 3. The minimum absolute atomic E-state index is 0.0544. The molecule has 1 saturated heterocycles. The summed E-state index contributed by atoms with van der Waals surface area (Å²) in [5.74, 6) is 2.32. The van der Waals surface area contributed by atoms with Gasteiger partial charge in [0, 0.05) is 12.3 Å². The Kier molecular flexibility index (Phi) is 3.66. The van der Waals surface area contributed by atoms with Crippen LogP contribution in [0.3, 0.4) is 0 Å². The molecule has 1 aliphatic heterocycles. The van der Waals surface area contributed by atoms with Gasteiger partial charge in [-0.15, -0.1) is 0 Å². The van der Waals surface area contributed by atoms with Gasteiger partial charge in [0.25, 0.3) is 0 Å². The summed E-state index contributed by atoms with van der Waals surface area (Å²) in [6.07, 6.45) is 2.35. The van der Waals surface area contributed by atoms with Crippen LogP contribution >= 0.6 is 11.8 Å². The van der Waals surface area contributed by atoms with E-state index < -0.39 is 0 Å². The summed E-state index contributed by atoms with van der Waals surface area (Å²) in [5.41, 5.74) is 5.68. The van der Waals surface area contributed by atoms with Crippen molar-refractivity contribution in [1.29, 1.82) is 0 Å². The van der Waals surface area contributed by atoms with Crippen molar-refractivity contribution in [3.8, 4) is 0 Å². The molecule has 0 aromatic carbocycles. The summed E-state index contributed by atoms with van der Waals surface area (Å²) in [6.45, 7) is 6.95. The molecule has 2 N–H and O–H groups in total. The van der Waals surface area contributed by atoms with Crippen molar-refractivity contribution < 1.29 is 4.74 Å². The molecule has 1 atom stereocenters. The minimum Gasteiger partial charge on any atom is -0.367 e. The van der Waals surface area contributed by atoms with Gasteiger partial charge in [0.05, 0.1) is 11.2 Å². The van der Waals surface area contributed by atoms with E-state index in [4.69, 9.17) is 10.5 Å². The Hall–Kier alpha value is 0.270. The molecule has 0 aromatic heterocycles. The molecular weight excluding hydrogens is 182 g/mol. The Labute approximate surface area is 85.6 Å². The molecule has 1 unspecified atom stereocenters. The smallest absolute Gasteiger partial charge is 0.0901 e. The van der Waals surface area contributed by atoms with E-state index in [0.717, 1.165) is 12.2 Å². The molecule has 0 spiro atoms. The van der Waals surface area contributed by atoms with E-state index in [1.165, 1.54) is 12.2 Å². The zero-order valence-electron chi connectivity index (χ0n) is 8.93. The predicted molar refractivity (Wildman–Crippen MR) is 59.2 cm³/mol. The summed E-state index contributed by atoms with van der Waals surface area (Å²) in [5, 5.41) is 0. The third-order valence-corrected chi connectivity index (χ3v) is 3.49. The van der Waals surface area contributed by atoms with Gasteiger partial charge in [-0.25, -0.2) is 0 Å². The highest BCUT2D eigenvalue weighted by Gasteiger charge is 2.35. The van der Waals surface area contributed by atoms with Gasteiger partial charge >= 0.3 is 0 Å². The number of hydrogen-bond donors (Lipinski definition) is 1. The molecule has 1 heterocycles. The van der Waals surface area contributed by atoms with E-state index in [9.17, 15) is 0 Å². The Balaban J connectivity index is 2.57. The van der Waals surface area contributed by atoms with Crippen LogP contribution in [0.25, 0.3) is 0 Å². The molecule has 0 aromatic rings. The van der Waals surface area contributed by atoms with Gasteiger partial charge in [-0.1, -0.05) is 0 Å². The molecule has 3 heteroatoms. The maximum Gasteiger partial charge on any atom is 0.0901 e. The van der Waals surface area contributed by atoms with Crippen LogP contribution in [0, 0.1) is 0 Å². The first-order chi connectivity index (χ1) is 5.97. The fourth-order valence-electron chi connectivity index (χ4n) is 1.76. The lowest BCUT2D eigenvalue weighted by molar-refractivity contribution is -0.119. The SMILES string of the molecule is CC(C)(C)OC1(CN)CCCSC1. The number of ether oxygens (including phenoxy) is 1. The lowest BCUT2D eigenvalue weighted by Gasteiger charge is -2.41. The second-order valence-corrected chi connectivity index (χ2v) is 5.86. The molecule has 0 radical (unpaired) electrons. The van der Waals surface area contributed by atoms with Gasteiger partial charge in [-0.3, -0.25) is 0 Å². The van der Waals surface area contributed by atoms with Crippen molar-refractivity contribution in [2.75, 3.05) is 18.1 Å². The maximum atomic E-state index is 6.07.